The molecular formula is C11H13BrN2O3. The molecule has 6 heteroatoms. The average Bonchev–Trinajstić information content (AvgIpc) is 2.30. The van der Waals surface area contributed by atoms with E-state index in [1.54, 1.807) is 19.1 Å². The molecule has 0 heterocycles. The summed E-state index contributed by atoms with van der Waals surface area (Å²) < 4.78 is 0.523. The molecule has 0 spiro atoms. The van der Waals surface area contributed by atoms with Crippen LogP contribution < -0.4 is 11.1 Å². The number of para-hydroxylation sites is 1. The predicted molar refractivity (Wildman–Crippen MR) is 67.9 cm³/mol. The SMILES string of the molecule is CC(CN)C(=O)Nc1c(Br)cccc1C(=O)O. The number of carbonyl (C=O) groups is 2. The first-order chi connectivity index (χ1) is 7.97. The Morgan fingerprint density at radius 3 is 2.71 bits per heavy atom. The number of hydrogen-bond donors (Lipinski definition) is 3. The summed E-state index contributed by atoms with van der Waals surface area (Å²) in [5.74, 6) is -1.77. The van der Waals surface area contributed by atoms with Crippen molar-refractivity contribution in [2.24, 2.45) is 11.7 Å². The van der Waals surface area contributed by atoms with Gasteiger partial charge in [0.1, 0.15) is 0 Å². The Labute approximate surface area is 107 Å². The molecule has 0 saturated heterocycles. The zero-order valence-electron chi connectivity index (χ0n) is 9.24. The van der Waals surface area contributed by atoms with Crippen LogP contribution in [0.5, 0.6) is 0 Å². The Balaban J connectivity index is 3.05. The second-order valence-corrected chi connectivity index (χ2v) is 4.45. The smallest absolute Gasteiger partial charge is 0.337 e. The minimum atomic E-state index is -1.10. The number of hydrogen-bond acceptors (Lipinski definition) is 3. The number of aromatic carboxylic acids is 1. The molecule has 0 aromatic heterocycles. The summed E-state index contributed by atoms with van der Waals surface area (Å²) >= 11 is 3.21. The Kier molecular flexibility index (Phi) is 4.65. The lowest BCUT2D eigenvalue weighted by molar-refractivity contribution is -0.119. The maximum absolute atomic E-state index is 11.7. The molecule has 0 aliphatic rings. The monoisotopic (exact) mass is 300 g/mol. The van der Waals surface area contributed by atoms with Gasteiger partial charge >= 0.3 is 5.97 Å². The molecule has 1 aromatic rings. The highest BCUT2D eigenvalue weighted by Crippen LogP contribution is 2.26. The van der Waals surface area contributed by atoms with Gasteiger partial charge in [-0.2, -0.15) is 0 Å². The normalized spacial score (nSPS) is 11.9. The van der Waals surface area contributed by atoms with Crippen LogP contribution in [-0.4, -0.2) is 23.5 Å². The van der Waals surface area contributed by atoms with E-state index in [4.69, 9.17) is 10.8 Å². The third-order valence-electron chi connectivity index (χ3n) is 2.29. The molecule has 0 aliphatic heterocycles. The van der Waals surface area contributed by atoms with E-state index in [0.717, 1.165) is 0 Å². The molecule has 0 radical (unpaired) electrons. The maximum atomic E-state index is 11.7. The third kappa shape index (κ3) is 3.28. The van der Waals surface area contributed by atoms with Gasteiger partial charge in [0.2, 0.25) is 5.91 Å². The highest BCUT2D eigenvalue weighted by atomic mass is 79.9. The molecular weight excluding hydrogens is 288 g/mol. The fraction of sp³-hybridized carbons (Fsp3) is 0.273. The molecule has 1 aromatic carbocycles. The van der Waals surface area contributed by atoms with Crippen LogP contribution in [0, 0.1) is 5.92 Å². The standard InChI is InChI=1S/C11H13BrN2O3/c1-6(5-13)10(15)14-9-7(11(16)17)3-2-4-8(9)12/h2-4,6H,5,13H2,1H3,(H,14,15)(H,16,17). The van der Waals surface area contributed by atoms with Crippen molar-refractivity contribution in [1.29, 1.82) is 0 Å². The molecule has 17 heavy (non-hydrogen) atoms. The van der Waals surface area contributed by atoms with Crippen molar-refractivity contribution in [2.45, 2.75) is 6.92 Å². The number of anilines is 1. The zero-order chi connectivity index (χ0) is 13.0. The summed E-state index contributed by atoms with van der Waals surface area (Å²) in [5, 5.41) is 11.6. The zero-order valence-corrected chi connectivity index (χ0v) is 10.8. The number of nitrogens with one attached hydrogen (secondary N) is 1. The highest BCUT2D eigenvalue weighted by Gasteiger charge is 2.17. The number of nitrogens with two attached hydrogens (primary N) is 1. The molecule has 4 N–H and O–H groups in total. The summed E-state index contributed by atoms with van der Waals surface area (Å²) in [6.07, 6.45) is 0. The summed E-state index contributed by atoms with van der Waals surface area (Å²) in [6.45, 7) is 1.88. The van der Waals surface area contributed by atoms with Crippen molar-refractivity contribution in [2.75, 3.05) is 11.9 Å². The molecule has 0 fully saturated rings. The van der Waals surface area contributed by atoms with Crippen LogP contribution in [0.1, 0.15) is 17.3 Å². The van der Waals surface area contributed by atoms with Crippen LogP contribution >= 0.6 is 15.9 Å². The van der Waals surface area contributed by atoms with Crippen LogP contribution in [0.15, 0.2) is 22.7 Å². The first kappa shape index (κ1) is 13.7. The number of carboxylic acids is 1. The van der Waals surface area contributed by atoms with Gasteiger partial charge in [0.15, 0.2) is 0 Å². The van der Waals surface area contributed by atoms with Crippen molar-refractivity contribution < 1.29 is 14.7 Å². The van der Waals surface area contributed by atoms with E-state index in [2.05, 4.69) is 21.2 Å². The average molecular weight is 301 g/mol. The lowest BCUT2D eigenvalue weighted by Gasteiger charge is -2.13. The quantitative estimate of drug-likeness (QED) is 0.789. The molecule has 0 bridgehead atoms. The molecule has 0 aliphatic carbocycles. The lowest BCUT2D eigenvalue weighted by atomic mass is 10.1. The van der Waals surface area contributed by atoms with Crippen LogP contribution in [0.4, 0.5) is 5.69 Å². The van der Waals surface area contributed by atoms with Crippen LogP contribution in [0.3, 0.4) is 0 Å². The van der Waals surface area contributed by atoms with Gasteiger partial charge < -0.3 is 16.2 Å². The number of benzene rings is 1. The van der Waals surface area contributed by atoms with Gasteiger partial charge in [-0.05, 0) is 28.1 Å². The largest absolute Gasteiger partial charge is 0.478 e. The van der Waals surface area contributed by atoms with Crippen molar-refractivity contribution in [1.82, 2.24) is 0 Å². The minimum absolute atomic E-state index is 0.0388. The minimum Gasteiger partial charge on any atom is -0.478 e. The topological polar surface area (TPSA) is 92.4 Å². The Bertz CT molecular complexity index is 448. The molecule has 92 valence electrons. The second-order valence-electron chi connectivity index (χ2n) is 3.59. The molecule has 1 atom stereocenters. The maximum Gasteiger partial charge on any atom is 0.337 e. The van der Waals surface area contributed by atoms with E-state index in [1.165, 1.54) is 6.07 Å². The lowest BCUT2D eigenvalue weighted by Crippen LogP contribution is -2.27. The molecule has 1 unspecified atom stereocenters. The summed E-state index contributed by atoms with van der Waals surface area (Å²) in [7, 11) is 0. The van der Waals surface area contributed by atoms with Crippen LogP contribution in [0.25, 0.3) is 0 Å². The molecule has 5 nitrogen and oxygen atoms in total. The summed E-state index contributed by atoms with van der Waals surface area (Å²) in [4.78, 5) is 22.7. The van der Waals surface area contributed by atoms with E-state index in [0.29, 0.717) is 4.47 Å². The molecule has 0 saturated carbocycles. The Morgan fingerprint density at radius 1 is 1.53 bits per heavy atom. The van der Waals surface area contributed by atoms with Gasteiger partial charge in [0.25, 0.3) is 0 Å². The fourth-order valence-corrected chi connectivity index (χ4v) is 1.65. The molecule has 1 rings (SSSR count). The number of halogens is 1. The van der Waals surface area contributed by atoms with E-state index >= 15 is 0 Å². The van der Waals surface area contributed by atoms with Gasteiger partial charge in [0, 0.05) is 16.9 Å². The van der Waals surface area contributed by atoms with Crippen molar-refractivity contribution in [3.05, 3.63) is 28.2 Å². The van der Waals surface area contributed by atoms with Crippen LogP contribution in [-0.2, 0) is 4.79 Å². The van der Waals surface area contributed by atoms with E-state index in [1.807, 2.05) is 0 Å². The van der Waals surface area contributed by atoms with Gasteiger partial charge in [-0.15, -0.1) is 0 Å². The van der Waals surface area contributed by atoms with E-state index in [-0.39, 0.29) is 29.6 Å². The molecule has 1 amide bonds. The summed E-state index contributed by atoms with van der Waals surface area (Å²) in [5.41, 5.74) is 5.67. The van der Waals surface area contributed by atoms with Gasteiger partial charge in [0.05, 0.1) is 11.3 Å². The van der Waals surface area contributed by atoms with Gasteiger partial charge in [-0.25, -0.2) is 4.79 Å². The number of carboxylic acid groups (broad SMARTS) is 1. The predicted octanol–water partition coefficient (Wildman–Crippen LogP) is 1.68. The first-order valence-corrected chi connectivity index (χ1v) is 5.79. The van der Waals surface area contributed by atoms with E-state index in [9.17, 15) is 9.59 Å². The number of amides is 1. The summed E-state index contributed by atoms with van der Waals surface area (Å²) in [6, 6.07) is 4.68. The number of rotatable bonds is 4. The van der Waals surface area contributed by atoms with Crippen LogP contribution in [0.2, 0.25) is 0 Å². The second kappa shape index (κ2) is 5.79. The van der Waals surface area contributed by atoms with Crippen molar-refractivity contribution >= 4 is 33.5 Å². The third-order valence-corrected chi connectivity index (χ3v) is 2.95. The fourth-order valence-electron chi connectivity index (χ4n) is 1.18. The van der Waals surface area contributed by atoms with Crippen molar-refractivity contribution in [3.8, 4) is 0 Å². The van der Waals surface area contributed by atoms with Gasteiger partial charge in [-0.1, -0.05) is 13.0 Å². The van der Waals surface area contributed by atoms with Crippen molar-refractivity contribution in [3.63, 3.8) is 0 Å². The first-order valence-electron chi connectivity index (χ1n) is 5.00. The highest BCUT2D eigenvalue weighted by molar-refractivity contribution is 9.10. The van der Waals surface area contributed by atoms with Gasteiger partial charge in [-0.3, -0.25) is 4.79 Å². The number of carbonyl (C=O) groups excluding carboxylic acids is 1. The van der Waals surface area contributed by atoms with E-state index < -0.39 is 5.97 Å². The Morgan fingerprint density at radius 2 is 2.18 bits per heavy atom. The Hall–Kier alpha value is -1.40.